The van der Waals surface area contributed by atoms with Crippen LogP contribution in [0.2, 0.25) is 0 Å². The van der Waals surface area contributed by atoms with Crippen LogP contribution in [0.5, 0.6) is 0 Å². The number of morpholine rings is 4. The summed E-state index contributed by atoms with van der Waals surface area (Å²) in [5.41, 5.74) is 16.0. The molecule has 316 valence electrons. The third-order valence-electron chi connectivity index (χ3n) is 12.0. The van der Waals surface area contributed by atoms with E-state index >= 15 is 0 Å². The first-order chi connectivity index (χ1) is 29.2. The molecule has 0 saturated carbocycles. The topological polar surface area (TPSA) is 189 Å². The highest BCUT2D eigenvalue weighted by atomic mass is 16.5. The third-order valence-corrected chi connectivity index (χ3v) is 12.0. The van der Waals surface area contributed by atoms with Gasteiger partial charge in [-0.1, -0.05) is 24.3 Å². The number of fused-ring (bicyclic) bond motifs is 2. The summed E-state index contributed by atoms with van der Waals surface area (Å²) in [6, 6.07) is 20.3. The van der Waals surface area contributed by atoms with Gasteiger partial charge in [0.05, 0.1) is 86.0 Å². The average molecular weight is 819 g/mol. The number of anilines is 6. The first-order valence-electron chi connectivity index (χ1n) is 20.9. The summed E-state index contributed by atoms with van der Waals surface area (Å²) in [6.07, 6.45) is 0.256. The Morgan fingerprint density at radius 1 is 0.483 bits per heavy atom. The molecule has 0 spiro atoms. The molecule has 4 saturated heterocycles. The number of nitrogen functional groups attached to an aromatic ring is 2. The normalized spacial score (nSPS) is 22.6. The Bertz CT molecular complexity index is 2260. The number of ether oxygens (including phenoxy) is 4. The molecular formula is C42H54N14O4. The zero-order valence-electron chi connectivity index (χ0n) is 34.7. The highest BCUT2D eigenvalue weighted by Gasteiger charge is 2.30. The predicted molar refractivity (Wildman–Crippen MR) is 233 cm³/mol. The molecule has 0 bridgehead atoms. The fourth-order valence-electron chi connectivity index (χ4n) is 8.25. The zero-order chi connectivity index (χ0) is 41.3. The Morgan fingerprint density at radius 3 is 1.28 bits per heavy atom. The lowest BCUT2D eigenvalue weighted by atomic mass is 10.1. The molecule has 60 heavy (non-hydrogen) atoms. The first-order valence-corrected chi connectivity index (χ1v) is 20.9. The van der Waals surface area contributed by atoms with Crippen LogP contribution < -0.4 is 31.1 Å². The van der Waals surface area contributed by atoms with Crippen LogP contribution >= 0.6 is 0 Å². The van der Waals surface area contributed by atoms with E-state index in [1.54, 1.807) is 0 Å². The average Bonchev–Trinajstić information content (AvgIpc) is 3.81. The van der Waals surface area contributed by atoms with Crippen molar-refractivity contribution in [1.29, 1.82) is 0 Å². The Labute approximate surface area is 349 Å². The van der Waals surface area contributed by atoms with Crippen molar-refractivity contribution in [3.05, 3.63) is 60.7 Å². The van der Waals surface area contributed by atoms with Gasteiger partial charge in [0.1, 0.15) is 23.3 Å². The van der Waals surface area contributed by atoms with E-state index in [9.17, 15) is 0 Å². The molecule has 18 heteroatoms. The SMILES string of the molecule is C[C@@H]1OCCN(c2cc(N3CCOCC3)nc(-n3c(N)nc4ccccc43)n2)[C@@H]1C.C[C@@H]1OCCN(c2cc(N3CCOCC3)nc(-n3c(N)nc4ccccc43)n2)[C@H]1C. The molecule has 0 radical (unpaired) electrons. The number of benzene rings is 2. The molecule has 2 aromatic carbocycles. The largest absolute Gasteiger partial charge is 0.378 e. The molecule has 4 fully saturated rings. The van der Waals surface area contributed by atoms with E-state index in [0.29, 0.717) is 63.4 Å². The molecule has 0 aliphatic carbocycles. The summed E-state index contributed by atoms with van der Waals surface area (Å²) in [4.78, 5) is 37.7. The van der Waals surface area contributed by atoms with Gasteiger partial charge in [-0.05, 0) is 52.0 Å². The summed E-state index contributed by atoms with van der Waals surface area (Å²) < 4.78 is 26.4. The van der Waals surface area contributed by atoms with Gasteiger partial charge < -0.3 is 50.0 Å². The minimum atomic E-state index is 0.128. The predicted octanol–water partition coefficient (Wildman–Crippen LogP) is 3.70. The van der Waals surface area contributed by atoms with Crippen LogP contribution in [0.4, 0.5) is 35.2 Å². The van der Waals surface area contributed by atoms with E-state index in [-0.39, 0.29) is 24.3 Å². The quantitative estimate of drug-likeness (QED) is 0.247. The van der Waals surface area contributed by atoms with Gasteiger partial charge in [-0.2, -0.15) is 19.9 Å². The molecule has 4 aliphatic rings. The number of nitrogens with two attached hydrogens (primary N) is 2. The number of hydrogen-bond donors (Lipinski definition) is 2. The van der Waals surface area contributed by atoms with Gasteiger partial charge in [-0.15, -0.1) is 0 Å². The van der Waals surface area contributed by atoms with E-state index in [1.165, 1.54) is 0 Å². The third kappa shape index (κ3) is 7.82. The van der Waals surface area contributed by atoms with E-state index in [4.69, 9.17) is 50.4 Å². The van der Waals surface area contributed by atoms with Crippen molar-refractivity contribution >= 4 is 57.2 Å². The van der Waals surface area contributed by atoms with E-state index in [1.807, 2.05) is 57.7 Å². The molecule has 6 aromatic rings. The van der Waals surface area contributed by atoms with Gasteiger partial charge in [0, 0.05) is 51.4 Å². The molecule has 18 nitrogen and oxygen atoms in total. The fourth-order valence-corrected chi connectivity index (χ4v) is 8.25. The molecule has 4 aromatic heterocycles. The number of imidazole rings is 2. The van der Waals surface area contributed by atoms with Crippen LogP contribution in [0.1, 0.15) is 27.7 Å². The molecule has 0 amide bonds. The number of nitrogens with zero attached hydrogens (tertiary/aromatic N) is 12. The summed E-state index contributed by atoms with van der Waals surface area (Å²) in [5, 5.41) is 0. The van der Waals surface area contributed by atoms with Crippen molar-refractivity contribution in [2.75, 3.05) is 110 Å². The van der Waals surface area contributed by atoms with Gasteiger partial charge in [-0.25, -0.2) is 19.1 Å². The van der Waals surface area contributed by atoms with Crippen molar-refractivity contribution in [3.63, 3.8) is 0 Å². The van der Waals surface area contributed by atoms with E-state index in [2.05, 4.69) is 69.4 Å². The standard InChI is InChI=1S/2C21H27N7O2/c2*1-14-15(2)30-12-9-27(14)19-13-18(26-7-10-29-11-8-26)24-21(25-19)28-17-6-4-3-5-16(17)23-20(28)22/h2*3-6,13-15H,7-12H2,1-2H3,(H2,22,23)/t14-,15+;14-,15-/m10/s1. The van der Waals surface area contributed by atoms with Crippen LogP contribution in [0.3, 0.4) is 0 Å². The van der Waals surface area contributed by atoms with Crippen molar-refractivity contribution in [2.45, 2.75) is 52.0 Å². The van der Waals surface area contributed by atoms with Crippen LogP contribution in [-0.2, 0) is 18.9 Å². The molecule has 4 atom stereocenters. The minimum Gasteiger partial charge on any atom is -0.378 e. The lowest BCUT2D eigenvalue weighted by Gasteiger charge is -2.39. The second kappa shape index (κ2) is 17.0. The minimum absolute atomic E-state index is 0.128. The number of aromatic nitrogens is 8. The van der Waals surface area contributed by atoms with Crippen molar-refractivity contribution in [3.8, 4) is 11.9 Å². The molecule has 4 aliphatic heterocycles. The van der Waals surface area contributed by atoms with E-state index < -0.39 is 0 Å². The summed E-state index contributed by atoms with van der Waals surface area (Å²) in [6.45, 7) is 17.4. The monoisotopic (exact) mass is 818 g/mol. The molecule has 8 heterocycles. The number of rotatable bonds is 6. The maximum absolute atomic E-state index is 6.30. The van der Waals surface area contributed by atoms with Crippen LogP contribution in [0, 0.1) is 0 Å². The molecule has 4 N–H and O–H groups in total. The van der Waals surface area contributed by atoms with Gasteiger partial charge >= 0.3 is 0 Å². The Kier molecular flexibility index (Phi) is 11.3. The molecular weight excluding hydrogens is 765 g/mol. The van der Waals surface area contributed by atoms with Gasteiger partial charge in [0.25, 0.3) is 0 Å². The van der Waals surface area contributed by atoms with Gasteiger partial charge in [-0.3, -0.25) is 0 Å². The summed E-state index contributed by atoms with van der Waals surface area (Å²) in [5.74, 6) is 5.33. The van der Waals surface area contributed by atoms with Crippen LogP contribution in [0.15, 0.2) is 60.7 Å². The maximum atomic E-state index is 6.30. The van der Waals surface area contributed by atoms with Crippen molar-refractivity contribution in [2.24, 2.45) is 0 Å². The zero-order valence-corrected chi connectivity index (χ0v) is 34.7. The van der Waals surface area contributed by atoms with Crippen molar-refractivity contribution in [1.82, 2.24) is 39.0 Å². The lowest BCUT2D eigenvalue weighted by Crippen LogP contribution is -2.49. The Morgan fingerprint density at radius 2 is 0.867 bits per heavy atom. The summed E-state index contributed by atoms with van der Waals surface area (Å²) >= 11 is 0. The first kappa shape index (κ1) is 39.6. The smallest absolute Gasteiger partial charge is 0.241 e. The Balaban J connectivity index is 0.000000154. The highest BCUT2D eigenvalue weighted by molar-refractivity contribution is 5.81. The van der Waals surface area contributed by atoms with Crippen LogP contribution in [0.25, 0.3) is 34.0 Å². The number of para-hydroxylation sites is 4. The fraction of sp³-hybridized carbons (Fsp3) is 0.476. The van der Waals surface area contributed by atoms with Crippen molar-refractivity contribution < 1.29 is 18.9 Å². The second-order valence-electron chi connectivity index (χ2n) is 15.6. The second-order valence-corrected chi connectivity index (χ2v) is 15.6. The summed E-state index contributed by atoms with van der Waals surface area (Å²) in [7, 11) is 0. The highest BCUT2D eigenvalue weighted by Crippen LogP contribution is 2.31. The molecule has 0 unspecified atom stereocenters. The molecule has 10 rings (SSSR count). The number of hydrogen-bond acceptors (Lipinski definition) is 16. The lowest BCUT2D eigenvalue weighted by molar-refractivity contribution is 0.0280. The van der Waals surface area contributed by atoms with E-state index in [0.717, 1.165) is 84.6 Å². The maximum Gasteiger partial charge on any atom is 0.241 e. The van der Waals surface area contributed by atoms with Crippen LogP contribution in [-0.4, -0.2) is 142 Å². The van der Waals surface area contributed by atoms with Gasteiger partial charge in [0.2, 0.25) is 23.8 Å². The Hall–Kier alpha value is -5.82. The van der Waals surface area contributed by atoms with Gasteiger partial charge in [0.15, 0.2) is 0 Å².